The standard InChI is InChI=1S/C12H15ClN2O3S/c1-9-10(13)4-2-5-11(9)19(17,18)15-7-3-6-14-12(16)8-15/h2,4-5H,3,6-8H2,1H3,(H,14,16). The molecule has 1 N–H and O–H groups in total. The number of sulfonamides is 1. The Morgan fingerprint density at radius 1 is 1.37 bits per heavy atom. The molecule has 0 atom stereocenters. The predicted molar refractivity (Wildman–Crippen MR) is 72.6 cm³/mol. The molecule has 1 aromatic carbocycles. The zero-order valence-electron chi connectivity index (χ0n) is 10.5. The normalized spacial score (nSPS) is 17.9. The lowest BCUT2D eigenvalue weighted by atomic mass is 10.2. The second kappa shape index (κ2) is 5.48. The molecular weight excluding hydrogens is 288 g/mol. The number of carbonyl (C=O) groups excluding carboxylic acids is 1. The first kappa shape index (κ1) is 14.3. The summed E-state index contributed by atoms with van der Waals surface area (Å²) in [7, 11) is -3.68. The van der Waals surface area contributed by atoms with Crippen LogP contribution in [0.25, 0.3) is 0 Å². The van der Waals surface area contributed by atoms with Crippen molar-refractivity contribution in [2.45, 2.75) is 18.2 Å². The van der Waals surface area contributed by atoms with E-state index < -0.39 is 10.0 Å². The molecule has 0 aromatic heterocycles. The van der Waals surface area contributed by atoms with Gasteiger partial charge >= 0.3 is 0 Å². The highest BCUT2D eigenvalue weighted by Gasteiger charge is 2.29. The van der Waals surface area contributed by atoms with Gasteiger partial charge in [-0.15, -0.1) is 0 Å². The summed E-state index contributed by atoms with van der Waals surface area (Å²) in [6.07, 6.45) is 0.602. The number of nitrogens with one attached hydrogen (secondary N) is 1. The van der Waals surface area contributed by atoms with Crippen LogP contribution in [0.2, 0.25) is 5.02 Å². The van der Waals surface area contributed by atoms with Crippen molar-refractivity contribution < 1.29 is 13.2 Å². The number of carbonyl (C=O) groups is 1. The first-order valence-corrected chi connectivity index (χ1v) is 7.76. The van der Waals surface area contributed by atoms with Gasteiger partial charge in [0.05, 0.1) is 11.4 Å². The monoisotopic (exact) mass is 302 g/mol. The van der Waals surface area contributed by atoms with Crippen LogP contribution in [0.1, 0.15) is 12.0 Å². The third kappa shape index (κ3) is 2.91. The molecule has 2 rings (SSSR count). The summed E-state index contributed by atoms with van der Waals surface area (Å²) < 4.78 is 26.3. The molecule has 1 amide bonds. The fourth-order valence-electron chi connectivity index (χ4n) is 1.99. The summed E-state index contributed by atoms with van der Waals surface area (Å²) in [5.41, 5.74) is 0.508. The van der Waals surface area contributed by atoms with Crippen molar-refractivity contribution in [2.75, 3.05) is 19.6 Å². The predicted octanol–water partition coefficient (Wildman–Crippen LogP) is 1.16. The lowest BCUT2D eigenvalue weighted by molar-refractivity contribution is -0.120. The molecule has 19 heavy (non-hydrogen) atoms. The molecule has 1 fully saturated rings. The van der Waals surface area contributed by atoms with Crippen molar-refractivity contribution in [2.24, 2.45) is 0 Å². The van der Waals surface area contributed by atoms with Gasteiger partial charge in [-0.1, -0.05) is 17.7 Å². The molecule has 5 nitrogen and oxygen atoms in total. The maximum atomic E-state index is 12.5. The summed E-state index contributed by atoms with van der Waals surface area (Å²) >= 11 is 5.96. The summed E-state index contributed by atoms with van der Waals surface area (Å²) in [6, 6.07) is 4.75. The first-order chi connectivity index (χ1) is 8.93. The number of amides is 1. The average molecular weight is 303 g/mol. The van der Waals surface area contributed by atoms with Gasteiger partial charge in [0, 0.05) is 18.1 Å². The van der Waals surface area contributed by atoms with E-state index in [9.17, 15) is 13.2 Å². The van der Waals surface area contributed by atoms with Gasteiger partial charge in [0.2, 0.25) is 15.9 Å². The van der Waals surface area contributed by atoms with E-state index in [1.807, 2.05) is 0 Å². The Labute approximate surface area is 117 Å². The number of benzene rings is 1. The Morgan fingerprint density at radius 3 is 2.84 bits per heavy atom. The molecule has 7 heteroatoms. The molecule has 0 saturated carbocycles. The largest absolute Gasteiger partial charge is 0.355 e. The van der Waals surface area contributed by atoms with E-state index in [-0.39, 0.29) is 17.3 Å². The van der Waals surface area contributed by atoms with Gasteiger partial charge in [0.15, 0.2) is 0 Å². The third-order valence-corrected chi connectivity index (χ3v) is 5.46. The molecule has 1 heterocycles. The van der Waals surface area contributed by atoms with Crippen molar-refractivity contribution in [3.63, 3.8) is 0 Å². The fraction of sp³-hybridized carbons (Fsp3) is 0.417. The lowest BCUT2D eigenvalue weighted by Gasteiger charge is -2.20. The SMILES string of the molecule is Cc1c(Cl)cccc1S(=O)(=O)N1CCCNC(=O)C1. The third-order valence-electron chi connectivity index (χ3n) is 3.06. The molecule has 1 aliphatic rings. The Bertz CT molecular complexity index is 601. The minimum atomic E-state index is -3.68. The van der Waals surface area contributed by atoms with E-state index in [0.717, 1.165) is 0 Å². The molecule has 0 unspecified atom stereocenters. The van der Waals surface area contributed by atoms with Crippen molar-refractivity contribution in [1.29, 1.82) is 0 Å². The number of nitrogens with zero attached hydrogens (tertiary/aromatic N) is 1. The topological polar surface area (TPSA) is 66.5 Å². The Morgan fingerprint density at radius 2 is 2.11 bits per heavy atom. The number of hydrogen-bond acceptors (Lipinski definition) is 3. The smallest absolute Gasteiger partial charge is 0.243 e. The average Bonchev–Trinajstić information content (AvgIpc) is 2.57. The van der Waals surface area contributed by atoms with Gasteiger partial charge in [-0.25, -0.2) is 8.42 Å². The zero-order valence-corrected chi connectivity index (χ0v) is 12.1. The first-order valence-electron chi connectivity index (χ1n) is 5.95. The quantitative estimate of drug-likeness (QED) is 0.891. The molecule has 0 aliphatic carbocycles. The Kier molecular flexibility index (Phi) is 4.13. The lowest BCUT2D eigenvalue weighted by Crippen LogP contribution is -2.37. The Hall–Kier alpha value is -1.11. The van der Waals surface area contributed by atoms with Crippen molar-refractivity contribution in [3.8, 4) is 0 Å². The van der Waals surface area contributed by atoms with Crippen LogP contribution in [0.5, 0.6) is 0 Å². The summed E-state index contributed by atoms with van der Waals surface area (Å²) in [5.74, 6) is -0.277. The van der Waals surface area contributed by atoms with E-state index in [1.165, 1.54) is 10.4 Å². The molecule has 0 bridgehead atoms. The van der Waals surface area contributed by atoms with Crippen LogP contribution in [-0.4, -0.2) is 38.3 Å². The van der Waals surface area contributed by atoms with Gasteiger partial charge in [-0.2, -0.15) is 4.31 Å². The number of rotatable bonds is 2. The number of hydrogen-bond donors (Lipinski definition) is 1. The number of halogens is 1. The zero-order chi connectivity index (χ0) is 14.0. The van der Waals surface area contributed by atoms with Crippen LogP contribution >= 0.6 is 11.6 Å². The minimum absolute atomic E-state index is 0.145. The van der Waals surface area contributed by atoms with Gasteiger partial charge in [-0.05, 0) is 31.0 Å². The van der Waals surface area contributed by atoms with Crippen LogP contribution < -0.4 is 5.32 Å². The van der Waals surface area contributed by atoms with E-state index >= 15 is 0 Å². The maximum Gasteiger partial charge on any atom is 0.243 e. The molecular formula is C12H15ClN2O3S. The van der Waals surface area contributed by atoms with E-state index in [2.05, 4.69) is 5.32 Å². The van der Waals surface area contributed by atoms with Gasteiger partial charge in [0.1, 0.15) is 0 Å². The van der Waals surface area contributed by atoms with Crippen LogP contribution in [-0.2, 0) is 14.8 Å². The molecule has 0 spiro atoms. The van der Waals surface area contributed by atoms with Crippen LogP contribution in [0, 0.1) is 6.92 Å². The van der Waals surface area contributed by atoms with Gasteiger partial charge in [0.25, 0.3) is 0 Å². The van der Waals surface area contributed by atoms with Gasteiger partial charge < -0.3 is 5.32 Å². The van der Waals surface area contributed by atoms with Crippen LogP contribution in [0.15, 0.2) is 23.1 Å². The highest BCUT2D eigenvalue weighted by Crippen LogP contribution is 2.25. The van der Waals surface area contributed by atoms with Gasteiger partial charge in [-0.3, -0.25) is 4.79 Å². The summed E-state index contributed by atoms with van der Waals surface area (Å²) in [6.45, 7) is 2.34. The summed E-state index contributed by atoms with van der Waals surface area (Å²) in [5, 5.41) is 3.06. The maximum absolute atomic E-state index is 12.5. The fourth-order valence-corrected chi connectivity index (χ4v) is 3.90. The van der Waals surface area contributed by atoms with Crippen LogP contribution in [0.3, 0.4) is 0 Å². The second-order valence-corrected chi connectivity index (χ2v) is 6.72. The van der Waals surface area contributed by atoms with E-state index in [0.29, 0.717) is 30.1 Å². The highest BCUT2D eigenvalue weighted by molar-refractivity contribution is 7.89. The molecule has 1 saturated heterocycles. The van der Waals surface area contributed by atoms with Crippen LogP contribution in [0.4, 0.5) is 0 Å². The minimum Gasteiger partial charge on any atom is -0.355 e. The van der Waals surface area contributed by atoms with Crippen molar-refractivity contribution in [3.05, 3.63) is 28.8 Å². The molecule has 1 aliphatic heterocycles. The van der Waals surface area contributed by atoms with Crippen molar-refractivity contribution >= 4 is 27.5 Å². The Balaban J connectivity index is 2.41. The van der Waals surface area contributed by atoms with Crippen molar-refractivity contribution in [1.82, 2.24) is 9.62 Å². The van der Waals surface area contributed by atoms with E-state index in [4.69, 9.17) is 11.6 Å². The molecule has 0 radical (unpaired) electrons. The molecule has 1 aromatic rings. The second-order valence-electron chi connectivity index (χ2n) is 4.41. The van der Waals surface area contributed by atoms with E-state index in [1.54, 1.807) is 19.1 Å². The highest BCUT2D eigenvalue weighted by atomic mass is 35.5. The molecule has 104 valence electrons. The summed E-state index contributed by atoms with van der Waals surface area (Å²) in [4.78, 5) is 11.6.